The molecule has 8 heteroatoms. The van der Waals surface area contributed by atoms with Crippen LogP contribution in [-0.2, 0) is 0 Å². The topological polar surface area (TPSA) is 81.5 Å². The van der Waals surface area contributed by atoms with Crippen LogP contribution in [0.2, 0.25) is 0 Å². The number of benzene rings is 4. The summed E-state index contributed by atoms with van der Waals surface area (Å²) in [6.07, 6.45) is 0. The van der Waals surface area contributed by atoms with E-state index in [0.717, 1.165) is 33.4 Å². The minimum absolute atomic E-state index is 0.139. The van der Waals surface area contributed by atoms with Gasteiger partial charge in [0.25, 0.3) is 5.91 Å². The summed E-state index contributed by atoms with van der Waals surface area (Å²) in [5.74, 6) is -0.218. The molecule has 0 radical (unpaired) electrons. The Morgan fingerprint density at radius 1 is 0.974 bits per heavy atom. The lowest BCUT2D eigenvalue weighted by Crippen LogP contribution is -2.18. The zero-order valence-electron chi connectivity index (χ0n) is 21.1. The van der Waals surface area contributed by atoms with Gasteiger partial charge in [0.1, 0.15) is 22.9 Å². The van der Waals surface area contributed by atoms with Crippen LogP contribution in [0.4, 0.5) is 10.1 Å². The Balaban J connectivity index is 1.58. The highest BCUT2D eigenvalue weighted by Gasteiger charge is 2.24. The minimum Gasteiger partial charge on any atom is -0.507 e. The number of rotatable bonds is 5. The van der Waals surface area contributed by atoms with E-state index in [1.165, 1.54) is 12.1 Å². The number of halogens is 1. The highest BCUT2D eigenvalue weighted by molar-refractivity contribution is 7.81. The standard InChI is InChI=1S/C31H24FN3O3S/c1-33-31(37)29-23-15-21(26(35(2)39)16-28(23)38-30(29)17-7-10-20(32)11-8-17)18-9-12-27(36)22(13-18)25-14-19-5-3-4-6-24(19)34-25/h3-16,34,36,39H,1-2H3,(H,33,37). The lowest BCUT2D eigenvalue weighted by molar-refractivity contribution is 0.0964. The van der Waals surface area contributed by atoms with Crippen molar-refractivity contribution in [1.82, 2.24) is 10.3 Å². The Hall–Kier alpha value is -4.69. The van der Waals surface area contributed by atoms with E-state index in [0.29, 0.717) is 33.4 Å². The second kappa shape index (κ2) is 9.56. The number of nitrogens with zero attached hydrogens (tertiary/aromatic N) is 1. The third kappa shape index (κ3) is 4.28. The molecule has 6 nitrogen and oxygen atoms in total. The normalized spacial score (nSPS) is 11.3. The number of phenols is 1. The fraction of sp³-hybridized carbons (Fsp3) is 0.0645. The molecule has 3 N–H and O–H groups in total. The first-order valence-electron chi connectivity index (χ1n) is 12.3. The largest absolute Gasteiger partial charge is 0.507 e. The van der Waals surface area contributed by atoms with E-state index in [1.54, 1.807) is 36.6 Å². The smallest absolute Gasteiger partial charge is 0.255 e. The summed E-state index contributed by atoms with van der Waals surface area (Å²) in [5, 5.41) is 15.1. The van der Waals surface area contributed by atoms with Gasteiger partial charge in [0.2, 0.25) is 0 Å². The predicted molar refractivity (Wildman–Crippen MR) is 157 cm³/mol. The fourth-order valence-electron chi connectivity index (χ4n) is 4.92. The number of anilines is 1. The summed E-state index contributed by atoms with van der Waals surface area (Å²) in [4.78, 5) is 16.5. The maximum atomic E-state index is 13.6. The van der Waals surface area contributed by atoms with Crippen LogP contribution in [-0.4, -0.2) is 30.1 Å². The molecule has 0 aliphatic rings. The summed E-state index contributed by atoms with van der Waals surface area (Å²) in [7, 11) is 3.36. The van der Waals surface area contributed by atoms with E-state index < -0.39 is 0 Å². The number of para-hydroxylation sites is 1. The van der Waals surface area contributed by atoms with E-state index in [2.05, 4.69) is 23.1 Å². The molecule has 0 saturated carbocycles. The van der Waals surface area contributed by atoms with Gasteiger partial charge < -0.3 is 24.1 Å². The van der Waals surface area contributed by atoms with Gasteiger partial charge in [-0.3, -0.25) is 4.79 Å². The third-order valence-corrected chi connectivity index (χ3v) is 7.06. The Kier molecular flexibility index (Phi) is 6.04. The number of hydrogen-bond acceptors (Lipinski definition) is 5. The molecule has 6 rings (SSSR count). The van der Waals surface area contributed by atoms with E-state index in [1.807, 2.05) is 54.6 Å². The lowest BCUT2D eigenvalue weighted by atomic mass is 9.96. The van der Waals surface area contributed by atoms with Crippen LogP contribution in [0.5, 0.6) is 5.75 Å². The number of hydrogen-bond donors (Lipinski definition) is 4. The second-order valence-electron chi connectivity index (χ2n) is 9.28. The molecule has 0 atom stereocenters. The van der Waals surface area contributed by atoms with E-state index in [4.69, 9.17) is 4.42 Å². The Morgan fingerprint density at radius 2 is 1.72 bits per heavy atom. The summed E-state index contributed by atoms with van der Waals surface area (Å²) in [6, 6.07) is 24.8. The molecule has 6 aromatic rings. The van der Waals surface area contributed by atoms with Crippen molar-refractivity contribution in [1.29, 1.82) is 0 Å². The highest BCUT2D eigenvalue weighted by atomic mass is 32.1. The van der Waals surface area contributed by atoms with E-state index in [-0.39, 0.29) is 17.5 Å². The summed E-state index contributed by atoms with van der Waals surface area (Å²) in [5.41, 5.74) is 6.15. The van der Waals surface area contributed by atoms with E-state index >= 15 is 0 Å². The van der Waals surface area contributed by atoms with Crippen molar-refractivity contribution in [2.24, 2.45) is 0 Å². The molecule has 0 spiro atoms. The van der Waals surface area contributed by atoms with Gasteiger partial charge in [-0.2, -0.15) is 0 Å². The van der Waals surface area contributed by atoms with Crippen LogP contribution in [0, 0.1) is 5.82 Å². The fourth-order valence-corrected chi connectivity index (χ4v) is 5.09. The number of aromatic hydroxyl groups is 1. The van der Waals surface area contributed by atoms with Gasteiger partial charge >= 0.3 is 0 Å². The summed E-state index contributed by atoms with van der Waals surface area (Å²) < 4.78 is 21.5. The molecule has 0 aliphatic heterocycles. The minimum atomic E-state index is -0.379. The summed E-state index contributed by atoms with van der Waals surface area (Å²) >= 11 is 4.57. The number of thiol groups is 1. The van der Waals surface area contributed by atoms with Crippen molar-refractivity contribution in [3.63, 3.8) is 0 Å². The number of phenolic OH excluding ortho intramolecular Hbond substituents is 1. The quantitative estimate of drug-likeness (QED) is 0.173. The van der Waals surface area contributed by atoms with Gasteiger partial charge in [-0.15, -0.1) is 0 Å². The van der Waals surface area contributed by atoms with Crippen molar-refractivity contribution in [2.45, 2.75) is 0 Å². The molecule has 2 aromatic heterocycles. The van der Waals surface area contributed by atoms with Crippen LogP contribution in [0.3, 0.4) is 0 Å². The van der Waals surface area contributed by atoms with E-state index in [9.17, 15) is 14.3 Å². The van der Waals surface area contributed by atoms with Gasteiger partial charge in [-0.25, -0.2) is 4.39 Å². The second-order valence-corrected chi connectivity index (χ2v) is 9.88. The molecule has 4 aromatic carbocycles. The number of H-pyrrole nitrogens is 1. The molecule has 194 valence electrons. The number of carbonyl (C=O) groups is 1. The molecular weight excluding hydrogens is 513 g/mol. The van der Waals surface area contributed by atoms with Crippen LogP contribution >= 0.6 is 12.8 Å². The van der Waals surface area contributed by atoms with Crippen molar-refractivity contribution in [3.8, 4) is 39.5 Å². The van der Waals surface area contributed by atoms with Crippen LogP contribution in [0.1, 0.15) is 10.4 Å². The number of aromatic nitrogens is 1. The first-order valence-corrected chi connectivity index (χ1v) is 12.7. The van der Waals surface area contributed by atoms with Crippen molar-refractivity contribution in [3.05, 3.63) is 96.3 Å². The monoisotopic (exact) mass is 537 g/mol. The van der Waals surface area contributed by atoms with Crippen LogP contribution < -0.4 is 9.62 Å². The molecule has 0 fully saturated rings. The van der Waals surface area contributed by atoms with Crippen molar-refractivity contribution < 1.29 is 18.7 Å². The zero-order valence-corrected chi connectivity index (χ0v) is 22.0. The molecule has 0 unspecified atom stereocenters. The molecular formula is C31H24FN3O3S. The number of furan rings is 1. The van der Waals surface area contributed by atoms with Gasteiger partial charge in [0.15, 0.2) is 0 Å². The maximum Gasteiger partial charge on any atom is 0.255 e. The molecule has 2 heterocycles. The number of carbonyl (C=O) groups excluding carboxylic acids is 1. The van der Waals surface area contributed by atoms with Crippen LogP contribution in [0.15, 0.2) is 89.3 Å². The summed E-state index contributed by atoms with van der Waals surface area (Å²) in [6.45, 7) is 0. The SMILES string of the molecule is CNC(=O)c1c(-c2ccc(F)cc2)oc2cc(N(C)S)c(-c3ccc(O)c(-c4cc5ccccc5[nH]4)c3)cc12. The molecule has 1 amide bonds. The molecule has 39 heavy (non-hydrogen) atoms. The van der Waals surface area contributed by atoms with Gasteiger partial charge in [0, 0.05) is 53.1 Å². The maximum absolute atomic E-state index is 13.6. The lowest BCUT2D eigenvalue weighted by Gasteiger charge is -2.17. The van der Waals surface area contributed by atoms with Crippen molar-refractivity contribution in [2.75, 3.05) is 18.4 Å². The third-order valence-electron chi connectivity index (χ3n) is 6.84. The molecule has 0 saturated heterocycles. The Morgan fingerprint density at radius 3 is 2.44 bits per heavy atom. The average Bonchev–Trinajstić information content (AvgIpc) is 3.54. The first kappa shape index (κ1) is 24.6. The average molecular weight is 538 g/mol. The van der Waals surface area contributed by atoms with Gasteiger partial charge in [-0.1, -0.05) is 37.1 Å². The first-order chi connectivity index (χ1) is 18.8. The number of amides is 1. The zero-order chi connectivity index (χ0) is 27.3. The van der Waals surface area contributed by atoms with Gasteiger partial charge in [0.05, 0.1) is 16.9 Å². The Labute approximate surface area is 229 Å². The highest BCUT2D eigenvalue weighted by Crippen LogP contribution is 2.43. The van der Waals surface area contributed by atoms with Crippen molar-refractivity contribution >= 4 is 46.3 Å². The molecule has 0 bridgehead atoms. The molecule has 0 aliphatic carbocycles. The van der Waals surface area contributed by atoms with Gasteiger partial charge in [-0.05, 0) is 60.2 Å². The predicted octanol–water partition coefficient (Wildman–Crippen LogP) is 7.40. The number of nitrogens with one attached hydrogen (secondary N) is 2. The van der Waals surface area contributed by atoms with Crippen LogP contribution in [0.25, 0.3) is 55.6 Å². The Bertz CT molecular complexity index is 1840. The number of aromatic amines is 1. The number of fused-ring (bicyclic) bond motifs is 2.